The van der Waals surface area contributed by atoms with Crippen LogP contribution in [-0.2, 0) is 38.0 Å². The second-order valence-corrected chi connectivity index (χ2v) is 9.31. The Morgan fingerprint density at radius 2 is 1.79 bits per heavy atom. The maximum Gasteiger partial charge on any atom is 0.508 e. The van der Waals surface area contributed by atoms with Crippen molar-refractivity contribution in [2.75, 3.05) is 13.2 Å². The van der Waals surface area contributed by atoms with Crippen molar-refractivity contribution in [2.24, 2.45) is 16.7 Å². The molecule has 0 aromatic heterocycles. The Balaban J connectivity index is 1.62. The highest BCUT2D eigenvalue weighted by atomic mass is 16.7. The molecule has 2 saturated carbocycles. The van der Waals surface area contributed by atoms with Crippen LogP contribution in [0.5, 0.6) is 0 Å². The van der Waals surface area contributed by atoms with Crippen LogP contribution in [0.2, 0.25) is 0 Å². The lowest BCUT2D eigenvalue weighted by molar-refractivity contribution is -0.316. The third-order valence-corrected chi connectivity index (χ3v) is 7.93. The molecular formula is C20H26O9. The molecule has 5 aliphatic rings. The Morgan fingerprint density at radius 1 is 1.10 bits per heavy atom. The molecule has 0 radical (unpaired) electrons. The molecule has 0 aromatic rings. The molecule has 160 valence electrons. The number of esters is 2. The Hall–Kier alpha value is -1.87. The largest absolute Gasteiger partial charge is 0.508 e. The van der Waals surface area contributed by atoms with Gasteiger partial charge in [0.15, 0.2) is 6.10 Å². The van der Waals surface area contributed by atoms with E-state index in [-0.39, 0.29) is 30.7 Å². The van der Waals surface area contributed by atoms with E-state index >= 15 is 0 Å². The van der Waals surface area contributed by atoms with E-state index < -0.39 is 46.9 Å². The van der Waals surface area contributed by atoms with Crippen molar-refractivity contribution in [2.45, 2.75) is 76.7 Å². The highest BCUT2D eigenvalue weighted by molar-refractivity contribution is 5.67. The van der Waals surface area contributed by atoms with Crippen LogP contribution in [-0.4, -0.2) is 67.4 Å². The van der Waals surface area contributed by atoms with Crippen molar-refractivity contribution in [1.82, 2.24) is 0 Å². The van der Waals surface area contributed by atoms with E-state index in [0.29, 0.717) is 19.4 Å². The maximum atomic E-state index is 12.1. The van der Waals surface area contributed by atoms with Gasteiger partial charge in [-0.25, -0.2) is 4.79 Å². The lowest BCUT2D eigenvalue weighted by Gasteiger charge is -2.63. The fraction of sp³-hybridized carbons (Fsp3) is 0.850. The van der Waals surface area contributed by atoms with Gasteiger partial charge in [0.05, 0.1) is 18.1 Å². The number of carbonyl (C=O) groups excluding carboxylic acids is 3. The summed E-state index contributed by atoms with van der Waals surface area (Å²) in [5.41, 5.74) is -1.98. The zero-order valence-electron chi connectivity index (χ0n) is 17.0. The van der Waals surface area contributed by atoms with Crippen LogP contribution in [0.15, 0.2) is 0 Å². The van der Waals surface area contributed by atoms with Crippen LogP contribution < -0.4 is 0 Å². The predicted octanol–water partition coefficient (Wildman–Crippen LogP) is 1.36. The van der Waals surface area contributed by atoms with Gasteiger partial charge in [0.2, 0.25) is 0 Å². The predicted molar refractivity (Wildman–Crippen MR) is 93.6 cm³/mol. The van der Waals surface area contributed by atoms with Crippen molar-refractivity contribution in [3.05, 3.63) is 0 Å². The SMILES string of the molecule is CC(=O)OC1CC2(C)C3(CO3)C1OC1CC(C)C(OC(C)=O)C3OC(=O)OCC132. The number of ether oxygens (including phenoxy) is 6. The molecule has 9 atom stereocenters. The fourth-order valence-electron chi connectivity index (χ4n) is 6.63. The van der Waals surface area contributed by atoms with Gasteiger partial charge in [-0.1, -0.05) is 13.8 Å². The number of rotatable bonds is 2. The summed E-state index contributed by atoms with van der Waals surface area (Å²) in [5.74, 6) is -0.892. The molecule has 0 amide bonds. The summed E-state index contributed by atoms with van der Waals surface area (Å²) in [6.45, 7) is 7.29. The Morgan fingerprint density at radius 3 is 2.41 bits per heavy atom. The minimum atomic E-state index is -0.782. The first-order chi connectivity index (χ1) is 13.6. The number of cyclic esters (lactones) is 1. The van der Waals surface area contributed by atoms with Crippen molar-refractivity contribution in [3.63, 3.8) is 0 Å². The summed E-state index contributed by atoms with van der Waals surface area (Å²) in [7, 11) is 0. The minimum Gasteiger partial charge on any atom is -0.460 e. The van der Waals surface area contributed by atoms with Crippen LogP contribution in [0.1, 0.15) is 40.5 Å². The average Bonchev–Trinajstić information content (AvgIpc) is 3.39. The number of carbonyl (C=O) groups is 3. The Bertz CT molecular complexity index is 776. The number of hydrogen-bond acceptors (Lipinski definition) is 9. The quantitative estimate of drug-likeness (QED) is 0.378. The molecule has 2 bridgehead atoms. The number of hydrogen-bond donors (Lipinski definition) is 0. The summed E-state index contributed by atoms with van der Waals surface area (Å²) >= 11 is 0. The second kappa shape index (κ2) is 5.85. The van der Waals surface area contributed by atoms with Gasteiger partial charge in [-0.15, -0.1) is 0 Å². The van der Waals surface area contributed by atoms with Gasteiger partial charge in [-0.3, -0.25) is 9.59 Å². The van der Waals surface area contributed by atoms with Crippen LogP contribution in [0.4, 0.5) is 4.79 Å². The zero-order chi connectivity index (χ0) is 20.8. The zero-order valence-corrected chi connectivity index (χ0v) is 17.0. The lowest BCUT2D eigenvalue weighted by Crippen LogP contribution is -2.75. The van der Waals surface area contributed by atoms with Crippen LogP contribution >= 0.6 is 0 Å². The van der Waals surface area contributed by atoms with Crippen LogP contribution in [0.3, 0.4) is 0 Å². The Labute approximate surface area is 168 Å². The van der Waals surface area contributed by atoms with E-state index in [9.17, 15) is 14.4 Å². The molecule has 3 heterocycles. The van der Waals surface area contributed by atoms with E-state index in [1.54, 1.807) is 0 Å². The van der Waals surface area contributed by atoms with E-state index in [0.717, 1.165) is 0 Å². The molecule has 3 saturated heterocycles. The van der Waals surface area contributed by atoms with Gasteiger partial charge >= 0.3 is 18.1 Å². The summed E-state index contributed by atoms with van der Waals surface area (Å²) in [4.78, 5) is 35.6. The van der Waals surface area contributed by atoms with Gasteiger partial charge in [0.25, 0.3) is 0 Å². The summed E-state index contributed by atoms with van der Waals surface area (Å²) < 4.78 is 34.9. The molecule has 0 N–H and O–H groups in total. The third-order valence-electron chi connectivity index (χ3n) is 7.93. The molecule has 3 aliphatic heterocycles. The van der Waals surface area contributed by atoms with Crippen molar-refractivity contribution < 1.29 is 42.8 Å². The summed E-state index contributed by atoms with van der Waals surface area (Å²) in [5, 5.41) is 0. The van der Waals surface area contributed by atoms with E-state index in [4.69, 9.17) is 28.4 Å². The molecule has 2 aliphatic carbocycles. The highest BCUT2D eigenvalue weighted by Gasteiger charge is 2.85. The molecule has 5 fully saturated rings. The monoisotopic (exact) mass is 410 g/mol. The summed E-state index contributed by atoms with van der Waals surface area (Å²) in [6, 6.07) is 0. The molecule has 9 heteroatoms. The van der Waals surface area contributed by atoms with E-state index in [1.165, 1.54) is 13.8 Å². The molecule has 2 spiro atoms. The van der Waals surface area contributed by atoms with Crippen LogP contribution in [0, 0.1) is 16.7 Å². The first-order valence-corrected chi connectivity index (χ1v) is 10.1. The average molecular weight is 410 g/mol. The first-order valence-electron chi connectivity index (χ1n) is 10.1. The minimum absolute atomic E-state index is 0.0762. The normalized spacial score (nSPS) is 51.9. The molecule has 29 heavy (non-hydrogen) atoms. The third kappa shape index (κ3) is 2.26. The maximum absolute atomic E-state index is 12.1. The number of epoxide rings is 1. The standard InChI is InChI=1S/C20H26O9/c1-9-5-13-19(7-24-17(23)29-16(19)14(9)27-11(3)22)18(4)6-12(26-10(2)21)15(28-13)20(18)8-25-20/h9,12-16H,5-8H2,1-4H3. The molecule has 0 aromatic carbocycles. The molecular weight excluding hydrogens is 384 g/mol. The van der Waals surface area contributed by atoms with Gasteiger partial charge in [-0.05, 0) is 18.8 Å². The van der Waals surface area contributed by atoms with Crippen LogP contribution in [0.25, 0.3) is 0 Å². The van der Waals surface area contributed by atoms with Gasteiger partial charge in [-0.2, -0.15) is 0 Å². The van der Waals surface area contributed by atoms with Crippen molar-refractivity contribution in [3.8, 4) is 0 Å². The van der Waals surface area contributed by atoms with Crippen molar-refractivity contribution >= 4 is 18.1 Å². The second-order valence-electron chi connectivity index (χ2n) is 9.31. The topological polar surface area (TPSA) is 110 Å². The first kappa shape index (κ1) is 19.1. The van der Waals surface area contributed by atoms with E-state index in [2.05, 4.69) is 6.92 Å². The molecule has 9 nitrogen and oxygen atoms in total. The fourth-order valence-corrected chi connectivity index (χ4v) is 6.63. The molecule has 9 unspecified atom stereocenters. The summed E-state index contributed by atoms with van der Waals surface area (Å²) in [6.07, 6.45) is -2.19. The Kier molecular flexibility index (Phi) is 3.85. The van der Waals surface area contributed by atoms with E-state index in [1.807, 2.05) is 6.92 Å². The van der Waals surface area contributed by atoms with Crippen molar-refractivity contribution in [1.29, 1.82) is 0 Å². The lowest BCUT2D eigenvalue weighted by atomic mass is 9.48. The van der Waals surface area contributed by atoms with Gasteiger partial charge in [0, 0.05) is 19.3 Å². The van der Waals surface area contributed by atoms with Gasteiger partial charge in [0.1, 0.15) is 30.5 Å². The highest BCUT2D eigenvalue weighted by Crippen LogP contribution is 2.73. The van der Waals surface area contributed by atoms with Gasteiger partial charge < -0.3 is 28.4 Å². The smallest absolute Gasteiger partial charge is 0.460 e. The molecule has 5 rings (SSSR count).